The predicted octanol–water partition coefficient (Wildman–Crippen LogP) is 4.49. The summed E-state index contributed by atoms with van der Waals surface area (Å²) in [7, 11) is 0. The molecule has 1 aromatic rings. The lowest BCUT2D eigenvalue weighted by Gasteiger charge is -2.30. The van der Waals surface area contributed by atoms with Crippen molar-refractivity contribution in [2.75, 3.05) is 6.54 Å². The molecule has 1 N–H and O–H groups in total. The van der Waals surface area contributed by atoms with E-state index < -0.39 is 0 Å². The summed E-state index contributed by atoms with van der Waals surface area (Å²) < 4.78 is 0. The van der Waals surface area contributed by atoms with Crippen LogP contribution in [0.2, 0.25) is 5.02 Å². The number of hydrogen-bond acceptors (Lipinski definition) is 1. The third kappa shape index (κ3) is 3.23. The molecule has 2 heteroatoms. The van der Waals surface area contributed by atoms with Gasteiger partial charge in [-0.1, -0.05) is 49.9 Å². The molecule has 1 saturated carbocycles. The molecule has 1 aliphatic rings. The highest BCUT2D eigenvalue weighted by atomic mass is 35.5. The molecule has 1 aliphatic carbocycles. The largest absolute Gasteiger partial charge is 0.310 e. The molecule has 0 heterocycles. The first kappa shape index (κ1) is 12.9. The van der Waals surface area contributed by atoms with Crippen LogP contribution < -0.4 is 5.32 Å². The molecule has 1 nitrogen and oxygen atoms in total. The van der Waals surface area contributed by atoms with Crippen molar-refractivity contribution in [1.82, 2.24) is 5.32 Å². The first-order valence-corrected chi connectivity index (χ1v) is 7.08. The Bertz CT molecular complexity index is 371. The van der Waals surface area contributed by atoms with Crippen molar-refractivity contribution in [3.05, 3.63) is 34.3 Å². The van der Waals surface area contributed by atoms with Crippen LogP contribution in [0.15, 0.2) is 18.2 Å². The van der Waals surface area contributed by atoms with E-state index in [1.165, 1.54) is 31.2 Å². The zero-order valence-corrected chi connectivity index (χ0v) is 11.6. The van der Waals surface area contributed by atoms with Crippen molar-refractivity contribution in [1.29, 1.82) is 0 Å². The number of halogens is 1. The maximum absolute atomic E-state index is 6.21. The van der Waals surface area contributed by atoms with E-state index in [1.54, 1.807) is 0 Å². The fourth-order valence-corrected chi connectivity index (χ4v) is 2.66. The maximum Gasteiger partial charge on any atom is 0.0438 e. The average molecular weight is 252 g/mol. The van der Waals surface area contributed by atoms with E-state index >= 15 is 0 Å². The average Bonchev–Trinajstić information content (AvgIpc) is 2.25. The highest BCUT2D eigenvalue weighted by Gasteiger charge is 2.22. The van der Waals surface area contributed by atoms with Gasteiger partial charge in [0.25, 0.3) is 0 Å². The monoisotopic (exact) mass is 251 g/mol. The van der Waals surface area contributed by atoms with Gasteiger partial charge in [-0.2, -0.15) is 0 Å². The molecule has 94 valence electrons. The third-order valence-electron chi connectivity index (χ3n) is 3.84. The lowest BCUT2D eigenvalue weighted by Crippen LogP contribution is -2.25. The van der Waals surface area contributed by atoms with Gasteiger partial charge in [-0.05, 0) is 43.0 Å². The van der Waals surface area contributed by atoms with Gasteiger partial charge in [-0.3, -0.25) is 0 Å². The number of hydrogen-bond donors (Lipinski definition) is 1. The Balaban J connectivity index is 2.09. The quantitative estimate of drug-likeness (QED) is 0.813. The number of benzene rings is 1. The van der Waals surface area contributed by atoms with Crippen molar-refractivity contribution in [2.24, 2.45) is 5.92 Å². The van der Waals surface area contributed by atoms with Crippen LogP contribution in [-0.4, -0.2) is 6.54 Å². The highest BCUT2D eigenvalue weighted by Crippen LogP contribution is 2.35. The minimum absolute atomic E-state index is 0.475. The molecule has 2 rings (SSSR count). The van der Waals surface area contributed by atoms with Crippen LogP contribution in [0.3, 0.4) is 0 Å². The molecular formula is C15H22ClN. The number of aryl methyl sites for hydroxylation is 1. The van der Waals surface area contributed by atoms with Crippen LogP contribution in [-0.2, 0) is 0 Å². The maximum atomic E-state index is 6.21. The van der Waals surface area contributed by atoms with Crippen molar-refractivity contribution in [2.45, 2.75) is 45.6 Å². The molecule has 0 aromatic heterocycles. The van der Waals surface area contributed by atoms with Gasteiger partial charge in [0.15, 0.2) is 0 Å². The number of rotatable bonds is 5. The summed E-state index contributed by atoms with van der Waals surface area (Å²) in [5.74, 6) is 0.916. The lowest BCUT2D eigenvalue weighted by atomic mass is 9.79. The summed E-state index contributed by atoms with van der Waals surface area (Å²) in [4.78, 5) is 0. The molecular weight excluding hydrogens is 230 g/mol. The number of nitrogens with one attached hydrogen (secondary N) is 1. The van der Waals surface area contributed by atoms with Crippen molar-refractivity contribution in [3.8, 4) is 0 Å². The van der Waals surface area contributed by atoms with E-state index in [0.717, 1.165) is 23.0 Å². The van der Waals surface area contributed by atoms with Gasteiger partial charge in [0, 0.05) is 11.1 Å². The first-order valence-electron chi connectivity index (χ1n) is 6.70. The molecule has 1 atom stereocenters. The molecule has 0 saturated heterocycles. The first-order chi connectivity index (χ1) is 8.20. The van der Waals surface area contributed by atoms with E-state index in [0.29, 0.717) is 6.04 Å². The fraction of sp³-hybridized carbons (Fsp3) is 0.600. The smallest absolute Gasteiger partial charge is 0.0438 e. The van der Waals surface area contributed by atoms with E-state index in [-0.39, 0.29) is 0 Å². The summed E-state index contributed by atoms with van der Waals surface area (Å²) >= 11 is 6.21. The van der Waals surface area contributed by atoms with Gasteiger partial charge in [0.2, 0.25) is 0 Å². The van der Waals surface area contributed by atoms with Crippen LogP contribution in [0.1, 0.15) is 49.8 Å². The molecule has 0 radical (unpaired) electrons. The normalized spacial score (nSPS) is 17.8. The molecule has 17 heavy (non-hydrogen) atoms. The van der Waals surface area contributed by atoms with E-state index in [4.69, 9.17) is 11.6 Å². The Hall–Kier alpha value is -0.530. The van der Waals surface area contributed by atoms with E-state index in [1.807, 2.05) is 0 Å². The topological polar surface area (TPSA) is 12.0 Å². The Morgan fingerprint density at radius 3 is 2.71 bits per heavy atom. The lowest BCUT2D eigenvalue weighted by molar-refractivity contribution is 0.262. The fourth-order valence-electron chi connectivity index (χ4n) is 2.47. The Morgan fingerprint density at radius 1 is 1.41 bits per heavy atom. The summed E-state index contributed by atoms with van der Waals surface area (Å²) in [6.45, 7) is 5.24. The van der Waals surface area contributed by atoms with Gasteiger partial charge < -0.3 is 5.32 Å². The van der Waals surface area contributed by atoms with Crippen LogP contribution in [0, 0.1) is 12.8 Å². The molecule has 0 amide bonds. The summed E-state index contributed by atoms with van der Waals surface area (Å²) in [6.07, 6.45) is 5.48. The second kappa shape index (κ2) is 5.88. The second-order valence-corrected chi connectivity index (χ2v) is 5.56. The Morgan fingerprint density at radius 2 is 2.18 bits per heavy atom. The van der Waals surface area contributed by atoms with Gasteiger partial charge >= 0.3 is 0 Å². The Labute approximate surface area is 110 Å². The van der Waals surface area contributed by atoms with Crippen LogP contribution in [0.5, 0.6) is 0 Å². The van der Waals surface area contributed by atoms with Crippen LogP contribution in [0.4, 0.5) is 0 Å². The molecule has 1 aromatic carbocycles. The summed E-state index contributed by atoms with van der Waals surface area (Å²) in [5, 5.41) is 4.47. The standard InChI is InChI=1S/C15H22ClN/c1-3-17-15(9-12-5-4-6-12)13-8-7-11(2)14(16)10-13/h7-8,10,12,15,17H,3-6,9H2,1-2H3. The molecule has 0 spiro atoms. The highest BCUT2D eigenvalue weighted by molar-refractivity contribution is 6.31. The van der Waals surface area contributed by atoms with Crippen molar-refractivity contribution >= 4 is 11.6 Å². The molecule has 0 aliphatic heterocycles. The zero-order valence-electron chi connectivity index (χ0n) is 10.8. The second-order valence-electron chi connectivity index (χ2n) is 5.15. The van der Waals surface area contributed by atoms with Gasteiger partial charge in [0.1, 0.15) is 0 Å². The summed E-state index contributed by atoms with van der Waals surface area (Å²) in [6, 6.07) is 6.95. The summed E-state index contributed by atoms with van der Waals surface area (Å²) in [5.41, 5.74) is 2.50. The van der Waals surface area contributed by atoms with E-state index in [9.17, 15) is 0 Å². The van der Waals surface area contributed by atoms with Crippen LogP contribution in [0.25, 0.3) is 0 Å². The molecule has 0 bridgehead atoms. The third-order valence-corrected chi connectivity index (χ3v) is 4.25. The van der Waals surface area contributed by atoms with Gasteiger partial charge in [-0.15, -0.1) is 0 Å². The van der Waals surface area contributed by atoms with Crippen LogP contribution >= 0.6 is 11.6 Å². The predicted molar refractivity (Wildman–Crippen MR) is 74.6 cm³/mol. The SMILES string of the molecule is CCNC(CC1CCC1)c1ccc(C)c(Cl)c1. The van der Waals surface area contributed by atoms with E-state index in [2.05, 4.69) is 37.4 Å². The molecule has 1 fully saturated rings. The zero-order chi connectivity index (χ0) is 12.3. The van der Waals surface area contributed by atoms with Gasteiger partial charge in [0.05, 0.1) is 0 Å². The van der Waals surface area contributed by atoms with Gasteiger partial charge in [-0.25, -0.2) is 0 Å². The minimum atomic E-state index is 0.475. The minimum Gasteiger partial charge on any atom is -0.310 e. The van der Waals surface area contributed by atoms with Crippen molar-refractivity contribution in [3.63, 3.8) is 0 Å². The molecule has 1 unspecified atom stereocenters. The van der Waals surface area contributed by atoms with Crippen molar-refractivity contribution < 1.29 is 0 Å². The Kier molecular flexibility index (Phi) is 4.47.